The van der Waals surface area contributed by atoms with Crippen molar-refractivity contribution in [1.29, 1.82) is 0 Å². The van der Waals surface area contributed by atoms with E-state index in [-0.39, 0.29) is 5.28 Å². The van der Waals surface area contributed by atoms with Crippen LogP contribution in [-0.4, -0.2) is 50.6 Å². The van der Waals surface area contributed by atoms with Crippen molar-refractivity contribution >= 4 is 34.3 Å². The maximum absolute atomic E-state index is 6.05. The quantitative estimate of drug-likeness (QED) is 0.479. The molecule has 0 atom stereocenters. The Kier molecular flexibility index (Phi) is 4.85. The second-order valence-electron chi connectivity index (χ2n) is 6.02. The number of benzene rings is 1. The summed E-state index contributed by atoms with van der Waals surface area (Å²) in [6.07, 6.45) is 5.13. The number of nitrogens with one attached hydrogen (secondary N) is 1. The van der Waals surface area contributed by atoms with Gasteiger partial charge in [-0.25, -0.2) is 4.98 Å². The molecule has 3 aromatic heterocycles. The lowest BCUT2D eigenvalue weighted by Gasteiger charge is -2.14. The van der Waals surface area contributed by atoms with E-state index < -0.39 is 0 Å². The molecule has 0 amide bonds. The third kappa shape index (κ3) is 3.38. The lowest BCUT2D eigenvalue weighted by atomic mass is 10.2. The first-order valence-electron chi connectivity index (χ1n) is 8.50. The van der Waals surface area contributed by atoms with Crippen molar-refractivity contribution in [3.8, 4) is 22.9 Å². The van der Waals surface area contributed by atoms with Crippen molar-refractivity contribution in [3.63, 3.8) is 0 Å². The number of imidazole rings is 1. The highest BCUT2D eigenvalue weighted by molar-refractivity contribution is 6.28. The van der Waals surface area contributed by atoms with Gasteiger partial charge < -0.3 is 24.1 Å². The van der Waals surface area contributed by atoms with Crippen LogP contribution in [-0.2, 0) is 7.05 Å². The first-order chi connectivity index (χ1) is 14.0. The van der Waals surface area contributed by atoms with E-state index in [2.05, 4.69) is 25.4 Å². The van der Waals surface area contributed by atoms with Crippen LogP contribution in [0.15, 0.2) is 30.9 Å². The maximum Gasteiger partial charge on any atom is 0.226 e. The lowest BCUT2D eigenvalue weighted by Crippen LogP contribution is -1.99. The van der Waals surface area contributed by atoms with E-state index >= 15 is 0 Å². The maximum atomic E-state index is 6.05. The Morgan fingerprint density at radius 2 is 1.76 bits per heavy atom. The number of methoxy groups -OCH3 is 3. The normalized spacial score (nSPS) is 10.9. The standard InChI is InChI=1S/C18H18ClN7O3/c1-25-17-11(7-21-25)16(23-18(19)24-17)22-14-8-26(9-20-14)10-5-12(27-2)15(29-4)13(6-10)28-3/h5-9H,1-4H3,(H,22,23,24). The fourth-order valence-corrected chi connectivity index (χ4v) is 3.12. The molecule has 0 aliphatic heterocycles. The first-order valence-corrected chi connectivity index (χ1v) is 8.88. The Balaban J connectivity index is 1.70. The van der Waals surface area contributed by atoms with Gasteiger partial charge in [0.15, 0.2) is 17.1 Å². The summed E-state index contributed by atoms with van der Waals surface area (Å²) in [5.41, 5.74) is 1.41. The molecule has 0 aliphatic rings. The average Bonchev–Trinajstić information content (AvgIpc) is 3.34. The minimum Gasteiger partial charge on any atom is -0.493 e. The van der Waals surface area contributed by atoms with Gasteiger partial charge in [-0.15, -0.1) is 0 Å². The number of rotatable bonds is 6. The van der Waals surface area contributed by atoms with E-state index in [0.717, 1.165) is 11.1 Å². The van der Waals surface area contributed by atoms with E-state index in [4.69, 9.17) is 25.8 Å². The lowest BCUT2D eigenvalue weighted by molar-refractivity contribution is 0.324. The zero-order valence-corrected chi connectivity index (χ0v) is 16.9. The molecule has 0 unspecified atom stereocenters. The molecule has 1 aromatic carbocycles. The van der Waals surface area contributed by atoms with E-state index in [0.29, 0.717) is 34.5 Å². The molecular formula is C18H18ClN7O3. The van der Waals surface area contributed by atoms with Gasteiger partial charge in [0.05, 0.1) is 44.8 Å². The van der Waals surface area contributed by atoms with E-state index in [1.807, 2.05) is 16.7 Å². The third-order valence-corrected chi connectivity index (χ3v) is 4.51. The van der Waals surface area contributed by atoms with E-state index in [9.17, 15) is 0 Å². The van der Waals surface area contributed by atoms with Gasteiger partial charge in [-0.3, -0.25) is 4.68 Å². The number of hydrogen-bond donors (Lipinski definition) is 1. The van der Waals surface area contributed by atoms with E-state index in [1.165, 1.54) is 0 Å². The zero-order chi connectivity index (χ0) is 20.5. The molecule has 0 bridgehead atoms. The minimum atomic E-state index is 0.118. The topological polar surface area (TPSA) is 101 Å². The second kappa shape index (κ2) is 7.47. The van der Waals surface area contributed by atoms with E-state index in [1.54, 1.807) is 51.8 Å². The molecule has 4 rings (SSSR count). The van der Waals surface area contributed by atoms with Crippen LogP contribution in [0.25, 0.3) is 16.7 Å². The largest absolute Gasteiger partial charge is 0.493 e. The van der Waals surface area contributed by atoms with Crippen LogP contribution in [0, 0.1) is 0 Å². The molecule has 0 saturated carbocycles. The van der Waals surface area contributed by atoms with Crippen LogP contribution in [0.5, 0.6) is 17.2 Å². The fraction of sp³-hybridized carbons (Fsp3) is 0.222. The van der Waals surface area contributed by atoms with Crippen LogP contribution in [0.3, 0.4) is 0 Å². The molecule has 29 heavy (non-hydrogen) atoms. The molecule has 4 aromatic rings. The summed E-state index contributed by atoms with van der Waals surface area (Å²) < 4.78 is 19.6. The van der Waals surface area contributed by atoms with Gasteiger partial charge in [0.25, 0.3) is 0 Å². The van der Waals surface area contributed by atoms with Crippen molar-refractivity contribution in [3.05, 3.63) is 36.1 Å². The van der Waals surface area contributed by atoms with Crippen LogP contribution < -0.4 is 19.5 Å². The van der Waals surface area contributed by atoms with Crippen molar-refractivity contribution in [2.75, 3.05) is 26.6 Å². The Morgan fingerprint density at radius 3 is 2.41 bits per heavy atom. The molecule has 0 saturated heterocycles. The van der Waals surface area contributed by atoms with Crippen LogP contribution in [0.4, 0.5) is 11.6 Å². The van der Waals surface area contributed by atoms with Gasteiger partial charge in [-0.1, -0.05) is 0 Å². The number of aryl methyl sites for hydroxylation is 1. The summed E-state index contributed by atoms with van der Waals surface area (Å²) in [5.74, 6) is 2.70. The summed E-state index contributed by atoms with van der Waals surface area (Å²) >= 11 is 6.05. The Labute approximate surface area is 171 Å². The molecule has 11 heteroatoms. The molecular weight excluding hydrogens is 398 g/mol. The predicted molar refractivity (Wildman–Crippen MR) is 108 cm³/mol. The number of anilines is 2. The third-order valence-electron chi connectivity index (χ3n) is 4.34. The molecule has 0 fully saturated rings. The summed E-state index contributed by atoms with van der Waals surface area (Å²) in [6, 6.07) is 3.65. The molecule has 0 spiro atoms. The van der Waals surface area contributed by atoms with Crippen molar-refractivity contribution in [1.82, 2.24) is 29.3 Å². The van der Waals surface area contributed by atoms with Gasteiger partial charge in [-0.05, 0) is 11.6 Å². The van der Waals surface area contributed by atoms with Gasteiger partial charge in [0, 0.05) is 19.2 Å². The fourth-order valence-electron chi connectivity index (χ4n) is 2.96. The number of aromatic nitrogens is 6. The number of ether oxygens (including phenoxy) is 3. The zero-order valence-electron chi connectivity index (χ0n) is 16.2. The van der Waals surface area contributed by atoms with Gasteiger partial charge in [0.1, 0.15) is 18.0 Å². The highest BCUT2D eigenvalue weighted by atomic mass is 35.5. The average molecular weight is 416 g/mol. The summed E-state index contributed by atoms with van der Waals surface area (Å²) in [5, 5.41) is 8.21. The molecule has 0 aliphatic carbocycles. The smallest absolute Gasteiger partial charge is 0.226 e. The molecule has 3 heterocycles. The van der Waals surface area contributed by atoms with Crippen LogP contribution >= 0.6 is 11.6 Å². The first kappa shape index (κ1) is 18.8. The SMILES string of the molecule is COc1cc(-n2cnc(Nc3nc(Cl)nc4c3cnn4C)c2)cc(OC)c1OC. The highest BCUT2D eigenvalue weighted by Crippen LogP contribution is 2.39. The van der Waals surface area contributed by atoms with Crippen LogP contribution in [0.1, 0.15) is 0 Å². The highest BCUT2D eigenvalue weighted by Gasteiger charge is 2.15. The predicted octanol–water partition coefficient (Wildman–Crippen LogP) is 2.97. The summed E-state index contributed by atoms with van der Waals surface area (Å²) in [6.45, 7) is 0. The Hall–Kier alpha value is -3.53. The number of hydrogen-bond acceptors (Lipinski definition) is 8. The summed E-state index contributed by atoms with van der Waals surface area (Å²) in [7, 11) is 6.49. The monoisotopic (exact) mass is 415 g/mol. The Morgan fingerprint density at radius 1 is 1.03 bits per heavy atom. The minimum absolute atomic E-state index is 0.118. The van der Waals surface area contributed by atoms with Gasteiger partial charge in [0.2, 0.25) is 11.0 Å². The van der Waals surface area contributed by atoms with Crippen molar-refractivity contribution in [2.24, 2.45) is 7.05 Å². The Bertz CT molecular complexity index is 1160. The van der Waals surface area contributed by atoms with Crippen LogP contribution in [0.2, 0.25) is 5.28 Å². The second-order valence-corrected chi connectivity index (χ2v) is 6.36. The molecule has 1 N–H and O–H groups in total. The molecule has 10 nitrogen and oxygen atoms in total. The van der Waals surface area contributed by atoms with Gasteiger partial charge in [-0.2, -0.15) is 15.1 Å². The number of nitrogens with zero attached hydrogens (tertiary/aromatic N) is 6. The molecule has 150 valence electrons. The van der Waals surface area contributed by atoms with Gasteiger partial charge >= 0.3 is 0 Å². The summed E-state index contributed by atoms with van der Waals surface area (Å²) in [4.78, 5) is 12.8. The molecule has 0 radical (unpaired) electrons. The number of halogens is 1. The number of fused-ring (bicyclic) bond motifs is 1. The van der Waals surface area contributed by atoms with Crippen molar-refractivity contribution in [2.45, 2.75) is 0 Å². The van der Waals surface area contributed by atoms with Crippen molar-refractivity contribution < 1.29 is 14.2 Å².